The highest BCUT2D eigenvalue weighted by molar-refractivity contribution is 7.98. The fourth-order valence-electron chi connectivity index (χ4n) is 2.77. The molecule has 0 saturated heterocycles. The number of hydrogen-bond donors (Lipinski definition) is 0. The van der Waals surface area contributed by atoms with Crippen LogP contribution in [0.25, 0.3) is 11.0 Å². The molecule has 0 N–H and O–H groups in total. The van der Waals surface area contributed by atoms with Crippen molar-refractivity contribution in [1.82, 2.24) is 19.7 Å². The molecular formula is C20H18N4OS. The molecule has 2 heterocycles. The summed E-state index contributed by atoms with van der Waals surface area (Å²) in [6.45, 7) is 0.696. The Hall–Kier alpha value is -2.86. The molecule has 2 aromatic heterocycles. The summed E-state index contributed by atoms with van der Waals surface area (Å²) in [6, 6.07) is 18.3. The number of ether oxygens (including phenoxy) is 1. The molecule has 0 amide bonds. The van der Waals surface area contributed by atoms with Crippen LogP contribution in [0.2, 0.25) is 0 Å². The minimum Gasteiger partial charge on any atom is -0.497 e. The Morgan fingerprint density at radius 1 is 1.00 bits per heavy atom. The second kappa shape index (κ2) is 7.58. The standard InChI is InChI=1S/C20H18N4OS/c1-25-17-9-5-8-16(10-17)13-26-20-18-11-23-24(19(18)21-14-22-20)12-15-6-3-2-4-7-15/h2-11,14H,12-13H2,1H3. The van der Waals surface area contributed by atoms with Crippen molar-refractivity contribution in [2.45, 2.75) is 17.3 Å². The molecule has 0 fully saturated rings. The molecular weight excluding hydrogens is 344 g/mol. The molecule has 0 aliphatic heterocycles. The SMILES string of the molecule is COc1cccc(CSc2ncnc3c2cnn3Cc2ccccc2)c1. The van der Waals surface area contributed by atoms with Crippen LogP contribution >= 0.6 is 11.8 Å². The smallest absolute Gasteiger partial charge is 0.162 e. The van der Waals surface area contributed by atoms with E-state index in [1.165, 1.54) is 11.1 Å². The lowest BCUT2D eigenvalue weighted by molar-refractivity contribution is 0.414. The van der Waals surface area contributed by atoms with Crippen molar-refractivity contribution < 1.29 is 4.74 Å². The number of nitrogens with zero attached hydrogens (tertiary/aromatic N) is 4. The Labute approximate surface area is 156 Å². The van der Waals surface area contributed by atoms with Crippen molar-refractivity contribution in [3.8, 4) is 5.75 Å². The van der Waals surface area contributed by atoms with Gasteiger partial charge in [-0.25, -0.2) is 14.6 Å². The predicted octanol–water partition coefficient (Wildman–Crippen LogP) is 4.18. The first kappa shape index (κ1) is 16.6. The molecule has 6 heteroatoms. The average molecular weight is 362 g/mol. The fourth-order valence-corrected chi connectivity index (χ4v) is 3.68. The zero-order valence-corrected chi connectivity index (χ0v) is 15.2. The first-order valence-corrected chi connectivity index (χ1v) is 9.28. The molecule has 0 aliphatic rings. The summed E-state index contributed by atoms with van der Waals surface area (Å²) >= 11 is 1.68. The van der Waals surface area contributed by atoms with Crippen LogP contribution in [0.5, 0.6) is 5.75 Å². The third-order valence-corrected chi connectivity index (χ3v) is 5.16. The third kappa shape index (κ3) is 3.55. The van der Waals surface area contributed by atoms with E-state index in [-0.39, 0.29) is 0 Å². The maximum Gasteiger partial charge on any atom is 0.162 e. The summed E-state index contributed by atoms with van der Waals surface area (Å²) in [6.07, 6.45) is 3.46. The second-order valence-electron chi connectivity index (χ2n) is 5.84. The van der Waals surface area contributed by atoms with Crippen molar-refractivity contribution in [3.63, 3.8) is 0 Å². The normalized spacial score (nSPS) is 11.0. The third-order valence-electron chi connectivity index (χ3n) is 4.08. The minimum atomic E-state index is 0.696. The topological polar surface area (TPSA) is 52.8 Å². The Morgan fingerprint density at radius 2 is 1.85 bits per heavy atom. The van der Waals surface area contributed by atoms with Gasteiger partial charge in [0, 0.05) is 5.75 Å². The minimum absolute atomic E-state index is 0.696. The van der Waals surface area contributed by atoms with E-state index in [1.807, 2.05) is 47.3 Å². The number of aromatic nitrogens is 4. The van der Waals surface area contributed by atoms with Gasteiger partial charge in [-0.15, -0.1) is 11.8 Å². The van der Waals surface area contributed by atoms with E-state index in [1.54, 1.807) is 25.2 Å². The number of thioether (sulfide) groups is 1. The maximum absolute atomic E-state index is 5.29. The van der Waals surface area contributed by atoms with Gasteiger partial charge in [0.15, 0.2) is 5.65 Å². The Kier molecular flexibility index (Phi) is 4.84. The van der Waals surface area contributed by atoms with Gasteiger partial charge in [0.25, 0.3) is 0 Å². The van der Waals surface area contributed by atoms with Crippen LogP contribution in [0.3, 0.4) is 0 Å². The van der Waals surface area contributed by atoms with Gasteiger partial charge in [0.2, 0.25) is 0 Å². The van der Waals surface area contributed by atoms with E-state index in [4.69, 9.17) is 4.74 Å². The van der Waals surface area contributed by atoms with Gasteiger partial charge in [-0.2, -0.15) is 5.10 Å². The molecule has 0 saturated carbocycles. The molecule has 0 unspecified atom stereocenters. The molecule has 0 bridgehead atoms. The first-order chi connectivity index (χ1) is 12.8. The Morgan fingerprint density at radius 3 is 2.69 bits per heavy atom. The zero-order chi connectivity index (χ0) is 17.8. The van der Waals surface area contributed by atoms with Crippen LogP contribution in [-0.2, 0) is 12.3 Å². The van der Waals surface area contributed by atoms with Crippen molar-refractivity contribution in [3.05, 3.63) is 78.2 Å². The quantitative estimate of drug-likeness (QED) is 0.380. The van der Waals surface area contributed by atoms with E-state index in [9.17, 15) is 0 Å². The summed E-state index contributed by atoms with van der Waals surface area (Å²) in [5, 5.41) is 6.44. The lowest BCUT2D eigenvalue weighted by atomic mass is 10.2. The van der Waals surface area contributed by atoms with Crippen LogP contribution < -0.4 is 4.74 Å². The molecule has 4 rings (SSSR count). The van der Waals surface area contributed by atoms with Gasteiger partial charge < -0.3 is 4.74 Å². The molecule has 0 aliphatic carbocycles. The summed E-state index contributed by atoms with van der Waals surface area (Å²) in [7, 11) is 1.68. The summed E-state index contributed by atoms with van der Waals surface area (Å²) in [5.41, 5.74) is 3.25. The molecule has 0 radical (unpaired) electrons. The van der Waals surface area contributed by atoms with Gasteiger partial charge in [-0.1, -0.05) is 42.5 Å². The highest BCUT2D eigenvalue weighted by Crippen LogP contribution is 2.28. The van der Waals surface area contributed by atoms with Crippen molar-refractivity contribution in [2.75, 3.05) is 7.11 Å². The van der Waals surface area contributed by atoms with E-state index in [0.717, 1.165) is 27.6 Å². The molecule has 0 spiro atoms. The van der Waals surface area contributed by atoms with Crippen molar-refractivity contribution in [1.29, 1.82) is 0 Å². The van der Waals surface area contributed by atoms with Gasteiger partial charge in [0.05, 0.1) is 25.2 Å². The maximum atomic E-state index is 5.29. The van der Waals surface area contributed by atoms with Crippen LogP contribution in [0.1, 0.15) is 11.1 Å². The van der Waals surface area contributed by atoms with Gasteiger partial charge in [0.1, 0.15) is 17.1 Å². The van der Waals surface area contributed by atoms with Crippen LogP contribution in [0.4, 0.5) is 0 Å². The van der Waals surface area contributed by atoms with E-state index in [2.05, 4.69) is 33.3 Å². The number of benzene rings is 2. The largest absolute Gasteiger partial charge is 0.497 e. The highest BCUT2D eigenvalue weighted by Gasteiger charge is 2.11. The van der Waals surface area contributed by atoms with Crippen LogP contribution in [0.15, 0.2) is 72.1 Å². The molecule has 4 aromatic rings. The zero-order valence-electron chi connectivity index (χ0n) is 14.4. The number of hydrogen-bond acceptors (Lipinski definition) is 5. The predicted molar refractivity (Wildman–Crippen MR) is 103 cm³/mol. The van der Waals surface area contributed by atoms with E-state index >= 15 is 0 Å². The first-order valence-electron chi connectivity index (χ1n) is 8.29. The second-order valence-corrected chi connectivity index (χ2v) is 6.81. The Balaban J connectivity index is 1.56. The van der Waals surface area contributed by atoms with Crippen molar-refractivity contribution in [2.24, 2.45) is 0 Å². The van der Waals surface area contributed by atoms with Gasteiger partial charge >= 0.3 is 0 Å². The van der Waals surface area contributed by atoms with Gasteiger partial charge in [-0.05, 0) is 23.3 Å². The highest BCUT2D eigenvalue weighted by atomic mass is 32.2. The summed E-state index contributed by atoms with van der Waals surface area (Å²) < 4.78 is 7.21. The summed E-state index contributed by atoms with van der Waals surface area (Å²) in [5.74, 6) is 1.68. The fraction of sp³-hybridized carbons (Fsp3) is 0.150. The number of rotatable bonds is 6. The van der Waals surface area contributed by atoms with Gasteiger partial charge in [-0.3, -0.25) is 0 Å². The number of methoxy groups -OCH3 is 1. The molecule has 2 aromatic carbocycles. The molecule has 26 heavy (non-hydrogen) atoms. The van der Waals surface area contributed by atoms with Crippen LogP contribution in [-0.4, -0.2) is 26.9 Å². The molecule has 0 atom stereocenters. The van der Waals surface area contributed by atoms with E-state index in [0.29, 0.717) is 6.54 Å². The Bertz CT molecular complexity index is 1020. The van der Waals surface area contributed by atoms with Crippen molar-refractivity contribution >= 4 is 22.8 Å². The summed E-state index contributed by atoms with van der Waals surface area (Å²) in [4.78, 5) is 8.89. The van der Waals surface area contributed by atoms with E-state index < -0.39 is 0 Å². The monoisotopic (exact) mass is 362 g/mol. The molecule has 130 valence electrons. The molecule has 5 nitrogen and oxygen atoms in total. The lowest BCUT2D eigenvalue weighted by Gasteiger charge is -2.06. The van der Waals surface area contributed by atoms with Crippen LogP contribution in [0, 0.1) is 0 Å². The lowest BCUT2D eigenvalue weighted by Crippen LogP contribution is -2.02. The average Bonchev–Trinajstić information content (AvgIpc) is 3.11. The number of fused-ring (bicyclic) bond motifs is 1.